The molecule has 0 bridgehead atoms. The molecule has 1 unspecified atom stereocenters. The van der Waals surface area contributed by atoms with Gasteiger partial charge >= 0.3 is 0 Å². The zero-order valence-electron chi connectivity index (χ0n) is 9.41. The van der Waals surface area contributed by atoms with Crippen molar-refractivity contribution in [3.63, 3.8) is 0 Å². The Morgan fingerprint density at radius 2 is 1.82 bits per heavy atom. The van der Waals surface area contributed by atoms with Gasteiger partial charge in [0.05, 0.1) is 15.0 Å². The van der Waals surface area contributed by atoms with Crippen LogP contribution in [0.25, 0.3) is 0 Å². The van der Waals surface area contributed by atoms with Crippen LogP contribution in [0.4, 0.5) is 5.69 Å². The maximum atomic E-state index is 10.9. The molecule has 0 spiro atoms. The summed E-state index contributed by atoms with van der Waals surface area (Å²) >= 11 is 17.7. The molecule has 94 valence electrons. The number of benzene rings is 1. The van der Waals surface area contributed by atoms with E-state index in [1.165, 1.54) is 12.1 Å². The molecule has 0 aliphatic heterocycles. The summed E-state index contributed by atoms with van der Waals surface area (Å²) in [6, 6.07) is 2.78. The fourth-order valence-corrected chi connectivity index (χ4v) is 1.87. The van der Waals surface area contributed by atoms with E-state index in [0.717, 1.165) is 0 Å². The molecule has 0 N–H and O–H groups in total. The summed E-state index contributed by atoms with van der Waals surface area (Å²) in [6.45, 7) is 3.92. The molecule has 0 aromatic heterocycles. The van der Waals surface area contributed by atoms with Crippen LogP contribution in [0.2, 0.25) is 10.0 Å². The standard InChI is InChI=1S/C11H12Cl3NO2/c1-6(2)8(12)3-7-4-9(13)10(14)5-11(7)15(16)17/h4-6,8H,3H2,1-2H3. The molecular formula is C11H12Cl3NO2. The normalized spacial score (nSPS) is 12.8. The van der Waals surface area contributed by atoms with Crippen molar-refractivity contribution in [1.82, 2.24) is 0 Å². The minimum absolute atomic E-state index is 0.0364. The summed E-state index contributed by atoms with van der Waals surface area (Å²) in [4.78, 5) is 10.4. The Labute approximate surface area is 115 Å². The van der Waals surface area contributed by atoms with Crippen LogP contribution in [0.15, 0.2) is 12.1 Å². The fourth-order valence-electron chi connectivity index (χ4n) is 1.36. The van der Waals surface area contributed by atoms with Gasteiger partial charge in [-0.15, -0.1) is 11.6 Å². The number of halogens is 3. The molecule has 0 saturated carbocycles. The Balaban J connectivity index is 3.13. The third-order valence-corrected chi connectivity index (χ3v) is 3.84. The lowest BCUT2D eigenvalue weighted by Gasteiger charge is -2.13. The second-order valence-corrected chi connectivity index (χ2v) is 5.49. The second-order valence-electron chi connectivity index (χ2n) is 4.12. The lowest BCUT2D eigenvalue weighted by atomic mass is 10.0. The van der Waals surface area contributed by atoms with E-state index in [-0.39, 0.29) is 22.0 Å². The molecule has 6 heteroatoms. The van der Waals surface area contributed by atoms with Gasteiger partial charge in [-0.25, -0.2) is 0 Å². The highest BCUT2D eigenvalue weighted by atomic mass is 35.5. The van der Waals surface area contributed by atoms with Gasteiger partial charge in [0.15, 0.2) is 0 Å². The van der Waals surface area contributed by atoms with Crippen molar-refractivity contribution >= 4 is 40.5 Å². The maximum absolute atomic E-state index is 10.9. The lowest BCUT2D eigenvalue weighted by Crippen LogP contribution is -2.12. The van der Waals surface area contributed by atoms with Gasteiger partial charge in [0.25, 0.3) is 5.69 Å². The SMILES string of the molecule is CC(C)C(Cl)Cc1cc(Cl)c(Cl)cc1[N+](=O)[O-]. The molecule has 0 fully saturated rings. The van der Waals surface area contributed by atoms with Gasteiger partial charge in [0, 0.05) is 17.0 Å². The average Bonchev–Trinajstić information content (AvgIpc) is 2.22. The first kappa shape index (κ1) is 14.6. The van der Waals surface area contributed by atoms with E-state index in [1.807, 2.05) is 13.8 Å². The number of nitro groups is 1. The van der Waals surface area contributed by atoms with Gasteiger partial charge in [0.1, 0.15) is 0 Å². The topological polar surface area (TPSA) is 43.1 Å². The summed E-state index contributed by atoms with van der Waals surface area (Å²) < 4.78 is 0. The number of hydrogen-bond donors (Lipinski definition) is 0. The molecule has 0 amide bonds. The van der Waals surface area contributed by atoms with E-state index < -0.39 is 4.92 Å². The van der Waals surface area contributed by atoms with Crippen molar-refractivity contribution in [3.8, 4) is 0 Å². The fraction of sp³-hybridized carbons (Fsp3) is 0.455. The van der Waals surface area contributed by atoms with Crippen LogP contribution in [0.1, 0.15) is 19.4 Å². The van der Waals surface area contributed by atoms with Crippen LogP contribution in [0.3, 0.4) is 0 Å². The van der Waals surface area contributed by atoms with E-state index in [1.54, 1.807) is 0 Å². The lowest BCUT2D eigenvalue weighted by molar-refractivity contribution is -0.385. The van der Waals surface area contributed by atoms with Crippen molar-refractivity contribution in [3.05, 3.63) is 37.9 Å². The molecule has 0 aliphatic carbocycles. The second kappa shape index (κ2) is 5.89. The monoisotopic (exact) mass is 295 g/mol. The number of rotatable bonds is 4. The summed E-state index contributed by atoms with van der Waals surface area (Å²) in [7, 11) is 0. The minimum Gasteiger partial charge on any atom is -0.258 e. The molecule has 17 heavy (non-hydrogen) atoms. The van der Waals surface area contributed by atoms with Crippen molar-refractivity contribution in [1.29, 1.82) is 0 Å². The number of nitro benzene ring substituents is 1. The largest absolute Gasteiger partial charge is 0.274 e. The minimum atomic E-state index is -0.471. The third-order valence-electron chi connectivity index (χ3n) is 2.46. The highest BCUT2D eigenvalue weighted by Crippen LogP contribution is 2.32. The Kier molecular flexibility index (Phi) is 5.04. The van der Waals surface area contributed by atoms with Crippen molar-refractivity contribution in [2.45, 2.75) is 25.6 Å². The van der Waals surface area contributed by atoms with Gasteiger partial charge in [-0.05, 0) is 18.4 Å². The summed E-state index contributed by atoms with van der Waals surface area (Å²) in [6.07, 6.45) is 0.395. The molecule has 0 aliphatic rings. The number of hydrogen-bond acceptors (Lipinski definition) is 2. The predicted molar refractivity (Wildman–Crippen MR) is 71.3 cm³/mol. The van der Waals surface area contributed by atoms with Gasteiger partial charge in [-0.3, -0.25) is 10.1 Å². The molecule has 0 radical (unpaired) electrons. The van der Waals surface area contributed by atoms with Crippen LogP contribution < -0.4 is 0 Å². The van der Waals surface area contributed by atoms with E-state index in [2.05, 4.69) is 0 Å². The zero-order chi connectivity index (χ0) is 13.2. The molecule has 1 rings (SSSR count). The molecule has 0 saturated heterocycles. The third kappa shape index (κ3) is 3.73. The first-order chi connectivity index (χ1) is 7.82. The van der Waals surface area contributed by atoms with E-state index in [9.17, 15) is 10.1 Å². The van der Waals surface area contributed by atoms with Crippen molar-refractivity contribution in [2.24, 2.45) is 5.92 Å². The van der Waals surface area contributed by atoms with Crippen LogP contribution in [0, 0.1) is 16.0 Å². The Morgan fingerprint density at radius 1 is 1.29 bits per heavy atom. The summed E-state index contributed by atoms with van der Waals surface area (Å²) in [5, 5.41) is 11.2. The molecule has 1 atom stereocenters. The predicted octanol–water partition coefficient (Wildman–Crippen LogP) is 4.71. The molecule has 3 nitrogen and oxygen atoms in total. The number of nitrogens with zero attached hydrogens (tertiary/aromatic N) is 1. The smallest absolute Gasteiger partial charge is 0.258 e. The van der Waals surface area contributed by atoms with Crippen LogP contribution in [-0.2, 0) is 6.42 Å². The highest BCUT2D eigenvalue weighted by Gasteiger charge is 2.20. The van der Waals surface area contributed by atoms with Crippen LogP contribution in [-0.4, -0.2) is 10.3 Å². The van der Waals surface area contributed by atoms with Gasteiger partial charge in [0.2, 0.25) is 0 Å². The van der Waals surface area contributed by atoms with E-state index >= 15 is 0 Å². The zero-order valence-corrected chi connectivity index (χ0v) is 11.7. The van der Waals surface area contributed by atoms with E-state index in [0.29, 0.717) is 17.0 Å². The quantitative estimate of drug-likeness (QED) is 0.459. The van der Waals surface area contributed by atoms with E-state index in [4.69, 9.17) is 34.8 Å². The Morgan fingerprint density at radius 3 is 2.29 bits per heavy atom. The highest BCUT2D eigenvalue weighted by molar-refractivity contribution is 6.42. The summed E-state index contributed by atoms with van der Waals surface area (Å²) in [5.74, 6) is 0.228. The molecular weight excluding hydrogens is 284 g/mol. The first-order valence-corrected chi connectivity index (χ1v) is 6.28. The molecule has 1 aromatic rings. The van der Waals surface area contributed by atoms with Crippen molar-refractivity contribution < 1.29 is 4.92 Å². The van der Waals surface area contributed by atoms with Crippen LogP contribution in [0.5, 0.6) is 0 Å². The first-order valence-electron chi connectivity index (χ1n) is 5.09. The average molecular weight is 297 g/mol. The van der Waals surface area contributed by atoms with Gasteiger partial charge in [-0.1, -0.05) is 37.0 Å². The van der Waals surface area contributed by atoms with Crippen molar-refractivity contribution in [2.75, 3.05) is 0 Å². The van der Waals surface area contributed by atoms with Gasteiger partial charge < -0.3 is 0 Å². The van der Waals surface area contributed by atoms with Crippen LogP contribution >= 0.6 is 34.8 Å². The molecule has 1 aromatic carbocycles. The Bertz CT molecular complexity index is 435. The maximum Gasteiger partial charge on any atom is 0.274 e. The molecule has 0 heterocycles. The summed E-state index contributed by atoms with van der Waals surface area (Å²) in [5.41, 5.74) is 0.476. The number of alkyl halides is 1. The Hall–Kier alpha value is -0.510. The van der Waals surface area contributed by atoms with Gasteiger partial charge in [-0.2, -0.15) is 0 Å².